The molecule has 0 fully saturated rings. The van der Waals surface area contributed by atoms with Crippen molar-refractivity contribution >= 4 is 75.3 Å². The summed E-state index contributed by atoms with van der Waals surface area (Å²) in [6.07, 6.45) is -9.46. The van der Waals surface area contributed by atoms with Gasteiger partial charge >= 0.3 is 20.4 Å². The van der Waals surface area contributed by atoms with Crippen LogP contribution in [0.5, 0.6) is 51.7 Å². The Morgan fingerprint density at radius 1 is 0.528 bits per heavy atom. The van der Waals surface area contributed by atoms with Crippen molar-refractivity contribution in [3.8, 4) is 62.9 Å². The van der Waals surface area contributed by atoms with Crippen LogP contribution in [0.25, 0.3) is 32.9 Å². The van der Waals surface area contributed by atoms with Crippen LogP contribution in [0.1, 0.15) is 36.4 Å². The Morgan fingerprint density at radius 2 is 0.889 bits per heavy atom. The lowest BCUT2D eigenvalue weighted by molar-refractivity contribution is -0.275. The number of hydrogen-bond acceptors (Lipinski definition) is 10. The Labute approximate surface area is 435 Å². The fourth-order valence-electron chi connectivity index (χ4n) is 6.88. The van der Waals surface area contributed by atoms with E-state index in [4.69, 9.17) is 56.8 Å². The van der Waals surface area contributed by atoms with Crippen molar-refractivity contribution in [3.63, 3.8) is 0 Å². The summed E-state index contributed by atoms with van der Waals surface area (Å²) in [5.41, 5.74) is 7.26. The molecule has 20 heteroatoms. The van der Waals surface area contributed by atoms with Crippen LogP contribution in [0.2, 0.25) is 10.0 Å². The third-order valence-electron chi connectivity index (χ3n) is 10.0. The molecule has 10 nitrogen and oxygen atoms in total. The molecule has 0 saturated carbocycles. The summed E-state index contributed by atoms with van der Waals surface area (Å²) < 4.78 is 109. The average molecular weight is 1150 g/mol. The molecule has 0 unspecified atom stereocenters. The molecule has 72 heavy (non-hydrogen) atoms. The highest BCUT2D eigenvalue weighted by Crippen LogP contribution is 2.41. The number of aromatic nitrogens is 2. The highest BCUT2D eigenvalue weighted by Gasteiger charge is 2.32. The first-order chi connectivity index (χ1) is 34.1. The second kappa shape index (κ2) is 24.4. The van der Waals surface area contributed by atoms with Gasteiger partial charge in [-0.1, -0.05) is 35.3 Å². The second-order valence-corrected chi connectivity index (χ2v) is 17.2. The number of nitrogens with zero attached hydrogens (tertiary/aromatic N) is 2. The van der Waals surface area contributed by atoms with E-state index in [0.717, 1.165) is 81.9 Å². The maximum Gasteiger partial charge on any atom is 0.573 e. The van der Waals surface area contributed by atoms with Crippen molar-refractivity contribution in [2.24, 2.45) is 0 Å². The van der Waals surface area contributed by atoms with E-state index < -0.39 is 12.7 Å². The molecule has 0 spiro atoms. The number of benzene rings is 6. The molecule has 1 radical (unpaired) electrons. The zero-order valence-electron chi connectivity index (χ0n) is 39.1. The zero-order chi connectivity index (χ0) is 52.3. The molecule has 2 heterocycles. The van der Waals surface area contributed by atoms with Crippen LogP contribution in [0.3, 0.4) is 0 Å². The number of hydrogen-bond donors (Lipinski definition) is 1. The maximum absolute atomic E-state index is 12.3. The number of rotatable bonds is 13. The van der Waals surface area contributed by atoms with Crippen molar-refractivity contribution < 1.29 is 64.4 Å². The largest absolute Gasteiger partial charge is 0.573 e. The van der Waals surface area contributed by atoms with Gasteiger partial charge in [0.05, 0.1) is 33.5 Å². The van der Waals surface area contributed by atoms with Gasteiger partial charge in [0.1, 0.15) is 51.7 Å². The van der Waals surface area contributed by atoms with E-state index in [1.165, 1.54) is 36.4 Å². The predicted octanol–water partition coefficient (Wildman–Crippen LogP) is 16.1. The number of pyridine rings is 2. The third kappa shape index (κ3) is 15.1. The monoisotopic (exact) mass is 1150 g/mol. The van der Waals surface area contributed by atoms with Crippen LogP contribution in [-0.2, 0) is 0 Å². The van der Waals surface area contributed by atoms with Crippen molar-refractivity contribution in [2.45, 2.75) is 54.3 Å². The van der Waals surface area contributed by atoms with Gasteiger partial charge in [-0.05, 0) is 190 Å². The van der Waals surface area contributed by atoms with Gasteiger partial charge in [0.25, 0.3) is 0 Å². The summed E-state index contributed by atoms with van der Waals surface area (Å²) in [5, 5.41) is 11.7. The second-order valence-electron chi connectivity index (χ2n) is 15.3. The van der Waals surface area contributed by atoms with Gasteiger partial charge in [0, 0.05) is 32.1 Å². The van der Waals surface area contributed by atoms with Gasteiger partial charge in [-0.25, -0.2) is 0 Å². The molecule has 375 valence electrons. The van der Waals surface area contributed by atoms with Gasteiger partial charge < -0.3 is 38.1 Å². The highest BCUT2D eigenvalue weighted by molar-refractivity contribution is 14.1. The summed E-state index contributed by atoms with van der Waals surface area (Å²) in [6, 6.07) is 31.6. The predicted molar refractivity (Wildman–Crippen MR) is 274 cm³/mol. The highest BCUT2D eigenvalue weighted by atomic mass is 127. The maximum atomic E-state index is 12.3. The number of alkyl halides is 6. The van der Waals surface area contributed by atoms with Crippen LogP contribution in [0, 0.1) is 31.3 Å². The number of halogens is 9. The summed E-state index contributed by atoms with van der Waals surface area (Å²) in [5.74, 6) is 3.10. The van der Waals surface area contributed by atoms with Crippen LogP contribution in [0.4, 0.5) is 26.3 Å². The number of ether oxygens (including phenoxy) is 6. The van der Waals surface area contributed by atoms with Gasteiger partial charge in [-0.15, -0.1) is 26.3 Å². The average Bonchev–Trinajstić information content (AvgIpc) is 3.31. The SMILES string of the molecule is CCOc1c(-c2ccc(Oc3ccc(OC(F)(F)F)cc3)cc2)c(C)nc2cc(C)c(Cl)cc12.CCOc1c(I)c(C)nc2cc(C)c(Cl)cc12.O[B]Oc1ccc(Oc2ccc(OC(F)(F)F)cc2)cc1. The lowest BCUT2D eigenvalue weighted by Crippen LogP contribution is -2.16. The van der Waals surface area contributed by atoms with Crippen molar-refractivity contribution in [2.75, 3.05) is 13.2 Å². The van der Waals surface area contributed by atoms with E-state index in [1.807, 2.05) is 77.9 Å². The lowest BCUT2D eigenvalue weighted by atomic mass is 9.99. The molecule has 2 aromatic heterocycles. The van der Waals surface area contributed by atoms with E-state index in [0.29, 0.717) is 60.4 Å². The molecule has 0 bridgehead atoms. The Hall–Kier alpha value is -6.35. The first-order valence-electron chi connectivity index (χ1n) is 21.7. The first-order valence-corrected chi connectivity index (χ1v) is 23.5. The van der Waals surface area contributed by atoms with Crippen molar-refractivity contribution in [1.29, 1.82) is 0 Å². The molecule has 0 amide bonds. The standard InChI is InChI=1S/C26H21ClF3NO3.C13H9BF3O4.C13H13ClINO/c1-4-32-25-21-14-22(27)15(2)13-23(21)31-16(3)24(25)17-5-7-18(8-6-17)33-19-9-11-20(12-10-19)34-26(28,29)30;15-13(16,17)20-11-5-1-9(2-6-11)19-10-3-7-12(8-4-10)21-14-18;1-4-17-13-9-6-10(14)7(2)5-11(9)16-8(3)12(13)15/h5-14H,4H2,1-3H3;1-8,18H;5-6H,4H2,1-3H3. The molecule has 8 rings (SSSR count). The van der Waals surface area contributed by atoms with E-state index in [2.05, 4.69) is 37.0 Å². The molecule has 0 aliphatic carbocycles. The topological polar surface area (TPSA) is 111 Å². The van der Waals surface area contributed by atoms with Crippen molar-refractivity contribution in [1.82, 2.24) is 9.97 Å². The fraction of sp³-hybridized carbons (Fsp3) is 0.192. The van der Waals surface area contributed by atoms with Gasteiger partial charge in [0.15, 0.2) is 0 Å². The first kappa shape index (κ1) is 55.0. The van der Waals surface area contributed by atoms with Crippen LogP contribution in [0.15, 0.2) is 121 Å². The molecule has 0 atom stereocenters. The van der Waals surface area contributed by atoms with E-state index in [-0.39, 0.29) is 11.5 Å². The third-order valence-corrected chi connectivity index (χ3v) is 12.1. The molecule has 1 N–H and O–H groups in total. The van der Waals surface area contributed by atoms with Crippen molar-refractivity contribution in [3.05, 3.63) is 157 Å². The molecule has 0 saturated heterocycles. The van der Waals surface area contributed by atoms with Gasteiger partial charge in [-0.2, -0.15) is 0 Å². The Kier molecular flexibility index (Phi) is 18.6. The van der Waals surface area contributed by atoms with E-state index in [9.17, 15) is 26.3 Å². The minimum Gasteiger partial charge on any atom is -0.537 e. The summed E-state index contributed by atoms with van der Waals surface area (Å²) in [4.78, 5) is 9.33. The summed E-state index contributed by atoms with van der Waals surface area (Å²) in [7, 11) is 0.551. The molecular formula is C52H43BCl2F6IN2O8. The Balaban J connectivity index is 0.000000191. The van der Waals surface area contributed by atoms with Crippen LogP contribution >= 0.6 is 45.8 Å². The Morgan fingerprint density at radius 3 is 1.29 bits per heavy atom. The smallest absolute Gasteiger partial charge is 0.537 e. The molecule has 6 aromatic carbocycles. The van der Waals surface area contributed by atoms with Gasteiger partial charge in [0.2, 0.25) is 0 Å². The number of aryl methyl sites for hydroxylation is 4. The normalized spacial score (nSPS) is 11.2. The van der Waals surface area contributed by atoms with Crippen LogP contribution in [-0.4, -0.2) is 48.6 Å². The quantitative estimate of drug-likeness (QED) is 0.0681. The minimum absolute atomic E-state index is 0.312. The fourth-order valence-corrected chi connectivity index (χ4v) is 7.77. The van der Waals surface area contributed by atoms with E-state index >= 15 is 0 Å². The molecular weight excluding hydrogens is 1100 g/mol. The minimum atomic E-state index is -4.74. The molecule has 0 aliphatic rings. The Bertz CT molecular complexity index is 3110. The van der Waals surface area contributed by atoms with E-state index in [1.54, 1.807) is 36.4 Å². The molecule has 8 aromatic rings. The molecule has 0 aliphatic heterocycles. The lowest BCUT2D eigenvalue weighted by Gasteiger charge is -2.17. The van der Waals surface area contributed by atoms with Gasteiger partial charge in [-0.3, -0.25) is 9.97 Å². The summed E-state index contributed by atoms with van der Waals surface area (Å²) >= 11 is 14.8. The van der Waals surface area contributed by atoms with Crippen LogP contribution < -0.4 is 33.1 Å². The number of fused-ring (bicyclic) bond motifs is 2. The summed E-state index contributed by atoms with van der Waals surface area (Å²) in [6.45, 7) is 12.9. The zero-order valence-corrected chi connectivity index (χ0v) is 42.8.